The number of piperidine rings is 1. The van der Waals surface area contributed by atoms with Gasteiger partial charge in [0.2, 0.25) is 5.91 Å². The maximum absolute atomic E-state index is 11.6. The normalized spacial score (nSPS) is 31.6. The summed E-state index contributed by atoms with van der Waals surface area (Å²) in [6.45, 7) is 2.09. The van der Waals surface area contributed by atoms with Crippen LogP contribution >= 0.6 is 0 Å². The van der Waals surface area contributed by atoms with Gasteiger partial charge >= 0.3 is 0 Å². The molecule has 1 atom stereocenters. The summed E-state index contributed by atoms with van der Waals surface area (Å²) in [6.07, 6.45) is 6.78. The quantitative estimate of drug-likeness (QED) is 0.693. The third-order valence-electron chi connectivity index (χ3n) is 4.06. The van der Waals surface area contributed by atoms with Crippen molar-refractivity contribution < 1.29 is 4.79 Å². The van der Waals surface area contributed by atoms with E-state index in [2.05, 4.69) is 5.32 Å². The van der Waals surface area contributed by atoms with Crippen LogP contribution in [-0.2, 0) is 4.79 Å². The van der Waals surface area contributed by atoms with Crippen LogP contribution in [-0.4, -0.2) is 19.0 Å². The SMILES string of the molecule is NC(=O)C1(C2CCCNC2)CCCC1. The first kappa shape index (κ1) is 9.97. The molecule has 1 saturated carbocycles. The van der Waals surface area contributed by atoms with Crippen molar-refractivity contribution in [3.8, 4) is 0 Å². The maximum atomic E-state index is 11.6. The van der Waals surface area contributed by atoms with E-state index < -0.39 is 0 Å². The van der Waals surface area contributed by atoms with Crippen molar-refractivity contribution in [2.45, 2.75) is 38.5 Å². The highest BCUT2D eigenvalue weighted by atomic mass is 16.1. The molecule has 0 spiro atoms. The summed E-state index contributed by atoms with van der Waals surface area (Å²) in [4.78, 5) is 11.6. The molecule has 1 unspecified atom stereocenters. The molecule has 0 aromatic carbocycles. The lowest BCUT2D eigenvalue weighted by Gasteiger charge is -2.37. The summed E-state index contributed by atoms with van der Waals surface area (Å²) in [5.41, 5.74) is 5.44. The highest BCUT2D eigenvalue weighted by molar-refractivity contribution is 5.81. The molecule has 14 heavy (non-hydrogen) atoms. The van der Waals surface area contributed by atoms with E-state index >= 15 is 0 Å². The number of amides is 1. The number of nitrogens with two attached hydrogens (primary N) is 1. The summed E-state index contributed by atoms with van der Waals surface area (Å²) in [5.74, 6) is 0.444. The Balaban J connectivity index is 2.12. The lowest BCUT2D eigenvalue weighted by Crippen LogP contribution is -2.47. The molecule has 1 saturated heterocycles. The van der Waals surface area contributed by atoms with Crippen LogP contribution in [0.5, 0.6) is 0 Å². The largest absolute Gasteiger partial charge is 0.369 e. The summed E-state index contributed by atoms with van der Waals surface area (Å²) in [5, 5.41) is 3.38. The van der Waals surface area contributed by atoms with Gasteiger partial charge in [-0.25, -0.2) is 0 Å². The van der Waals surface area contributed by atoms with Crippen LogP contribution in [0.2, 0.25) is 0 Å². The molecule has 2 rings (SSSR count). The van der Waals surface area contributed by atoms with Gasteiger partial charge in [0, 0.05) is 0 Å². The number of nitrogens with one attached hydrogen (secondary N) is 1. The molecule has 2 aliphatic rings. The fourth-order valence-electron chi connectivity index (χ4n) is 3.19. The van der Waals surface area contributed by atoms with Crippen LogP contribution in [0.25, 0.3) is 0 Å². The smallest absolute Gasteiger partial charge is 0.223 e. The third-order valence-corrected chi connectivity index (χ3v) is 4.06. The van der Waals surface area contributed by atoms with Crippen LogP contribution in [0.3, 0.4) is 0 Å². The Morgan fingerprint density at radius 3 is 2.50 bits per heavy atom. The fraction of sp³-hybridized carbons (Fsp3) is 0.909. The summed E-state index contributed by atoms with van der Waals surface area (Å²) in [7, 11) is 0. The van der Waals surface area contributed by atoms with E-state index in [1.807, 2.05) is 0 Å². The van der Waals surface area contributed by atoms with Gasteiger partial charge in [-0.15, -0.1) is 0 Å². The van der Waals surface area contributed by atoms with Gasteiger partial charge in [0.1, 0.15) is 0 Å². The molecule has 80 valence electrons. The van der Waals surface area contributed by atoms with Crippen molar-refractivity contribution in [3.05, 3.63) is 0 Å². The Bertz CT molecular complexity index is 215. The molecule has 0 aromatic heterocycles. The molecule has 1 aliphatic heterocycles. The van der Waals surface area contributed by atoms with Gasteiger partial charge in [-0.2, -0.15) is 0 Å². The van der Waals surface area contributed by atoms with E-state index in [1.165, 1.54) is 25.7 Å². The molecular weight excluding hydrogens is 176 g/mol. The second kappa shape index (κ2) is 3.89. The number of carbonyl (C=O) groups excluding carboxylic acids is 1. The summed E-state index contributed by atoms with van der Waals surface area (Å²) >= 11 is 0. The van der Waals surface area contributed by atoms with E-state index in [0.717, 1.165) is 25.9 Å². The van der Waals surface area contributed by atoms with Crippen molar-refractivity contribution in [2.75, 3.05) is 13.1 Å². The number of primary amides is 1. The molecule has 0 aromatic rings. The van der Waals surface area contributed by atoms with Crippen LogP contribution in [0.4, 0.5) is 0 Å². The Labute approximate surface area is 85.4 Å². The topological polar surface area (TPSA) is 55.1 Å². The number of carbonyl (C=O) groups is 1. The fourth-order valence-corrected chi connectivity index (χ4v) is 3.19. The Kier molecular flexibility index (Phi) is 2.77. The number of hydrogen-bond acceptors (Lipinski definition) is 2. The van der Waals surface area contributed by atoms with Gasteiger partial charge in [0.05, 0.1) is 5.41 Å². The number of rotatable bonds is 2. The molecular formula is C11H20N2O. The third kappa shape index (κ3) is 1.54. The molecule has 1 amide bonds. The standard InChI is InChI=1S/C11H20N2O/c12-10(14)11(5-1-2-6-11)9-4-3-7-13-8-9/h9,13H,1-8H2,(H2,12,14). The highest BCUT2D eigenvalue weighted by Crippen LogP contribution is 2.46. The van der Waals surface area contributed by atoms with Gasteiger partial charge in [-0.05, 0) is 44.7 Å². The first-order chi connectivity index (χ1) is 6.76. The predicted molar refractivity (Wildman–Crippen MR) is 55.7 cm³/mol. The first-order valence-corrected chi connectivity index (χ1v) is 5.76. The zero-order chi connectivity index (χ0) is 10.0. The molecule has 3 heteroatoms. The average Bonchev–Trinajstić information content (AvgIpc) is 2.69. The molecule has 3 N–H and O–H groups in total. The molecule has 1 heterocycles. The Morgan fingerprint density at radius 2 is 2.00 bits per heavy atom. The monoisotopic (exact) mass is 196 g/mol. The second-order valence-electron chi connectivity index (χ2n) is 4.77. The molecule has 0 bridgehead atoms. The zero-order valence-electron chi connectivity index (χ0n) is 8.72. The summed E-state index contributed by atoms with van der Waals surface area (Å²) in [6, 6.07) is 0. The van der Waals surface area contributed by atoms with Gasteiger partial charge in [0.25, 0.3) is 0 Å². The van der Waals surface area contributed by atoms with E-state index in [9.17, 15) is 4.79 Å². The van der Waals surface area contributed by atoms with Gasteiger partial charge < -0.3 is 11.1 Å². The molecule has 1 aliphatic carbocycles. The minimum absolute atomic E-state index is 0.0521. The van der Waals surface area contributed by atoms with Crippen molar-refractivity contribution in [1.82, 2.24) is 5.32 Å². The van der Waals surface area contributed by atoms with E-state index in [-0.39, 0.29) is 11.3 Å². The maximum Gasteiger partial charge on any atom is 0.223 e. The zero-order valence-corrected chi connectivity index (χ0v) is 8.72. The molecule has 0 radical (unpaired) electrons. The van der Waals surface area contributed by atoms with E-state index in [1.54, 1.807) is 0 Å². The van der Waals surface area contributed by atoms with Crippen molar-refractivity contribution in [1.29, 1.82) is 0 Å². The average molecular weight is 196 g/mol. The highest BCUT2D eigenvalue weighted by Gasteiger charge is 2.46. The van der Waals surface area contributed by atoms with Crippen LogP contribution in [0.15, 0.2) is 0 Å². The minimum atomic E-state index is -0.159. The first-order valence-electron chi connectivity index (χ1n) is 5.76. The minimum Gasteiger partial charge on any atom is -0.369 e. The van der Waals surface area contributed by atoms with E-state index in [4.69, 9.17) is 5.73 Å². The lowest BCUT2D eigenvalue weighted by molar-refractivity contribution is -0.131. The number of hydrogen-bond donors (Lipinski definition) is 2. The van der Waals surface area contributed by atoms with Crippen LogP contribution in [0, 0.1) is 11.3 Å². The van der Waals surface area contributed by atoms with Crippen molar-refractivity contribution >= 4 is 5.91 Å². The lowest BCUT2D eigenvalue weighted by atomic mass is 9.70. The second-order valence-corrected chi connectivity index (χ2v) is 4.77. The Hall–Kier alpha value is -0.570. The van der Waals surface area contributed by atoms with Crippen molar-refractivity contribution in [2.24, 2.45) is 17.1 Å². The van der Waals surface area contributed by atoms with Gasteiger partial charge in [-0.1, -0.05) is 12.8 Å². The van der Waals surface area contributed by atoms with Gasteiger partial charge in [-0.3, -0.25) is 4.79 Å². The van der Waals surface area contributed by atoms with Gasteiger partial charge in [0.15, 0.2) is 0 Å². The van der Waals surface area contributed by atoms with Crippen LogP contribution in [0.1, 0.15) is 38.5 Å². The van der Waals surface area contributed by atoms with E-state index in [0.29, 0.717) is 5.92 Å². The van der Waals surface area contributed by atoms with Crippen molar-refractivity contribution in [3.63, 3.8) is 0 Å². The predicted octanol–water partition coefficient (Wildman–Crippen LogP) is 1.03. The van der Waals surface area contributed by atoms with Crippen LogP contribution < -0.4 is 11.1 Å². The molecule has 3 nitrogen and oxygen atoms in total. The summed E-state index contributed by atoms with van der Waals surface area (Å²) < 4.78 is 0. The molecule has 2 fully saturated rings. The Morgan fingerprint density at radius 1 is 1.29 bits per heavy atom.